The average Bonchev–Trinajstić information content (AvgIpc) is 2.76. The van der Waals surface area contributed by atoms with E-state index in [9.17, 15) is 9.59 Å². The molecule has 0 spiro atoms. The van der Waals surface area contributed by atoms with E-state index in [4.69, 9.17) is 0 Å². The largest absolute Gasteiger partial charge is 0.372 e. The highest BCUT2D eigenvalue weighted by Gasteiger charge is 2.30. The van der Waals surface area contributed by atoms with Gasteiger partial charge in [-0.1, -0.05) is 51.5 Å². The molecule has 0 heterocycles. The van der Waals surface area contributed by atoms with Crippen LogP contribution in [0.5, 0.6) is 0 Å². The number of anilines is 1. The molecule has 0 amide bonds. The molecule has 0 saturated heterocycles. The van der Waals surface area contributed by atoms with E-state index in [1.54, 1.807) is 12.1 Å². The number of carbonyl (C=O) groups excluding carboxylic acids is 2. The summed E-state index contributed by atoms with van der Waals surface area (Å²) in [6, 6.07) is 13.2. The fourth-order valence-electron chi connectivity index (χ4n) is 4.25. The van der Waals surface area contributed by atoms with Crippen LogP contribution in [0.2, 0.25) is 0 Å². The molecule has 0 bridgehead atoms. The first-order valence-corrected chi connectivity index (χ1v) is 10.8. The minimum Gasteiger partial charge on any atom is -0.372 e. The lowest BCUT2D eigenvalue weighted by Gasteiger charge is -2.32. The molecule has 0 radical (unpaired) electrons. The lowest BCUT2D eigenvalue weighted by Crippen LogP contribution is -2.36. The van der Waals surface area contributed by atoms with Crippen molar-refractivity contribution in [1.29, 1.82) is 0 Å². The fourth-order valence-corrected chi connectivity index (χ4v) is 4.25. The number of nitrogens with zero attached hydrogens (tertiary/aromatic N) is 2. The second kappa shape index (κ2) is 9.36. The van der Waals surface area contributed by atoms with Gasteiger partial charge >= 0.3 is 0 Å². The Labute approximate surface area is 174 Å². The first-order valence-electron chi connectivity index (χ1n) is 10.8. The number of ketones is 2. The minimum atomic E-state index is -0.0592. The summed E-state index contributed by atoms with van der Waals surface area (Å²) in [5, 5.41) is 0. The third kappa shape index (κ3) is 4.27. The Kier molecular flexibility index (Phi) is 6.86. The molecule has 3 rings (SSSR count). The maximum absolute atomic E-state index is 13.0. The lowest BCUT2D eigenvalue weighted by molar-refractivity contribution is 0.0979. The third-order valence-corrected chi connectivity index (χ3v) is 6.16. The zero-order chi connectivity index (χ0) is 21.0. The number of fused-ring (bicyclic) bond motifs is 2. The predicted molar refractivity (Wildman–Crippen MR) is 119 cm³/mol. The zero-order valence-electron chi connectivity index (χ0n) is 18.1. The second-order valence-electron chi connectivity index (χ2n) is 7.80. The highest BCUT2D eigenvalue weighted by Crippen LogP contribution is 2.31. The highest BCUT2D eigenvalue weighted by molar-refractivity contribution is 6.28. The monoisotopic (exact) mass is 392 g/mol. The van der Waals surface area contributed by atoms with Crippen molar-refractivity contribution in [2.24, 2.45) is 0 Å². The standard InChI is InChI=1S/C25H32N2O2/c1-5-10-18(15-16-27(6-2)7-3)26(4)19-13-14-22-23(17-19)25(29)21-12-9-8-11-20(21)24(22)28/h8-9,11-14,17-18H,5-7,10,15-16H2,1-4H3. The summed E-state index contributed by atoms with van der Waals surface area (Å²) in [7, 11) is 2.10. The van der Waals surface area contributed by atoms with Crippen LogP contribution in [0.4, 0.5) is 5.69 Å². The van der Waals surface area contributed by atoms with Crippen molar-refractivity contribution >= 4 is 17.3 Å². The van der Waals surface area contributed by atoms with Gasteiger partial charge in [-0.25, -0.2) is 0 Å². The van der Waals surface area contributed by atoms with Crippen LogP contribution in [0.25, 0.3) is 0 Å². The molecule has 0 N–H and O–H groups in total. The van der Waals surface area contributed by atoms with Crippen molar-refractivity contribution in [3.8, 4) is 0 Å². The molecule has 0 aromatic heterocycles. The van der Waals surface area contributed by atoms with Crippen LogP contribution in [-0.4, -0.2) is 49.2 Å². The Morgan fingerprint density at radius 2 is 1.38 bits per heavy atom. The Morgan fingerprint density at radius 1 is 0.793 bits per heavy atom. The summed E-state index contributed by atoms with van der Waals surface area (Å²) in [6.07, 6.45) is 3.30. The molecule has 1 unspecified atom stereocenters. The number of benzene rings is 2. The van der Waals surface area contributed by atoms with Crippen molar-refractivity contribution in [3.05, 3.63) is 64.7 Å². The summed E-state index contributed by atoms with van der Waals surface area (Å²) in [5.74, 6) is -0.114. The molecule has 1 aliphatic carbocycles. The third-order valence-electron chi connectivity index (χ3n) is 6.16. The molecule has 4 heteroatoms. The van der Waals surface area contributed by atoms with Gasteiger partial charge < -0.3 is 9.80 Å². The molecule has 4 nitrogen and oxygen atoms in total. The van der Waals surface area contributed by atoms with E-state index in [1.807, 2.05) is 30.3 Å². The van der Waals surface area contributed by atoms with Crippen molar-refractivity contribution in [1.82, 2.24) is 4.90 Å². The first-order chi connectivity index (χ1) is 14.0. The van der Waals surface area contributed by atoms with E-state index < -0.39 is 0 Å². The maximum atomic E-state index is 13.0. The summed E-state index contributed by atoms with van der Waals surface area (Å²) in [6.45, 7) is 9.81. The van der Waals surface area contributed by atoms with Crippen LogP contribution in [0.15, 0.2) is 42.5 Å². The van der Waals surface area contributed by atoms with Gasteiger partial charge in [0.1, 0.15) is 0 Å². The van der Waals surface area contributed by atoms with Gasteiger partial charge in [0.05, 0.1) is 0 Å². The number of rotatable bonds is 9. The Bertz CT molecular complexity index is 886. The van der Waals surface area contributed by atoms with Crippen LogP contribution in [0.3, 0.4) is 0 Å². The molecule has 2 aromatic carbocycles. The number of hydrogen-bond donors (Lipinski definition) is 0. The Morgan fingerprint density at radius 3 is 1.97 bits per heavy atom. The first kappa shape index (κ1) is 21.3. The van der Waals surface area contributed by atoms with E-state index in [2.05, 4.69) is 37.6 Å². The van der Waals surface area contributed by atoms with Crippen molar-refractivity contribution < 1.29 is 9.59 Å². The summed E-state index contributed by atoms with van der Waals surface area (Å²) < 4.78 is 0. The maximum Gasteiger partial charge on any atom is 0.194 e. The van der Waals surface area contributed by atoms with Crippen LogP contribution in [-0.2, 0) is 0 Å². The van der Waals surface area contributed by atoms with Crippen molar-refractivity contribution in [3.63, 3.8) is 0 Å². The average molecular weight is 393 g/mol. The number of carbonyl (C=O) groups is 2. The van der Waals surface area contributed by atoms with Gasteiger partial charge in [0.15, 0.2) is 11.6 Å². The van der Waals surface area contributed by atoms with E-state index in [0.717, 1.165) is 44.6 Å². The van der Waals surface area contributed by atoms with E-state index in [1.165, 1.54) is 0 Å². The molecule has 29 heavy (non-hydrogen) atoms. The Balaban J connectivity index is 1.87. The molecule has 1 aliphatic rings. The normalized spacial score (nSPS) is 14.0. The quantitative estimate of drug-likeness (QED) is 0.524. The van der Waals surface area contributed by atoms with E-state index in [-0.39, 0.29) is 11.6 Å². The predicted octanol–water partition coefficient (Wildman–Crippen LogP) is 4.80. The molecule has 2 aromatic rings. The lowest BCUT2D eigenvalue weighted by atomic mass is 9.84. The highest BCUT2D eigenvalue weighted by atomic mass is 16.1. The summed E-state index contributed by atoms with van der Waals surface area (Å²) >= 11 is 0. The fraction of sp³-hybridized carbons (Fsp3) is 0.440. The molecular weight excluding hydrogens is 360 g/mol. The molecule has 0 saturated carbocycles. The molecule has 154 valence electrons. The smallest absolute Gasteiger partial charge is 0.194 e. The van der Waals surface area contributed by atoms with Crippen LogP contribution in [0, 0.1) is 0 Å². The second-order valence-corrected chi connectivity index (χ2v) is 7.80. The summed E-state index contributed by atoms with van der Waals surface area (Å²) in [5.41, 5.74) is 3.06. The molecule has 0 aliphatic heterocycles. The molecular formula is C25H32N2O2. The Hall–Kier alpha value is -2.46. The van der Waals surface area contributed by atoms with Gasteiger partial charge in [0.25, 0.3) is 0 Å². The van der Waals surface area contributed by atoms with Crippen LogP contribution < -0.4 is 4.90 Å². The SMILES string of the molecule is CCCC(CCN(CC)CC)N(C)c1ccc2c(c1)C(=O)c1ccccc1C2=O. The van der Waals surface area contributed by atoms with Crippen LogP contribution in [0.1, 0.15) is 71.9 Å². The summed E-state index contributed by atoms with van der Waals surface area (Å²) in [4.78, 5) is 30.6. The van der Waals surface area contributed by atoms with Crippen molar-refractivity contribution in [2.75, 3.05) is 31.6 Å². The van der Waals surface area contributed by atoms with Gasteiger partial charge in [-0.05, 0) is 44.1 Å². The van der Waals surface area contributed by atoms with E-state index in [0.29, 0.717) is 28.3 Å². The van der Waals surface area contributed by atoms with Crippen molar-refractivity contribution in [2.45, 2.75) is 46.1 Å². The topological polar surface area (TPSA) is 40.6 Å². The zero-order valence-corrected chi connectivity index (χ0v) is 18.1. The van der Waals surface area contributed by atoms with Gasteiger partial charge in [-0.15, -0.1) is 0 Å². The molecule has 0 fully saturated rings. The molecule has 1 atom stereocenters. The number of hydrogen-bond acceptors (Lipinski definition) is 4. The van der Waals surface area contributed by atoms with Gasteiger partial charge in [0.2, 0.25) is 0 Å². The van der Waals surface area contributed by atoms with Crippen LogP contribution >= 0.6 is 0 Å². The van der Waals surface area contributed by atoms with Gasteiger partial charge in [-0.2, -0.15) is 0 Å². The minimum absolute atomic E-state index is 0.0550. The van der Waals surface area contributed by atoms with E-state index >= 15 is 0 Å². The van der Waals surface area contributed by atoms with Gasteiger partial charge in [0, 0.05) is 47.6 Å². The van der Waals surface area contributed by atoms with Gasteiger partial charge in [-0.3, -0.25) is 9.59 Å².